The van der Waals surface area contributed by atoms with Crippen LogP contribution >= 0.6 is 11.3 Å². The second-order valence-corrected chi connectivity index (χ2v) is 10.9. The van der Waals surface area contributed by atoms with E-state index in [9.17, 15) is 13.2 Å². The van der Waals surface area contributed by atoms with Gasteiger partial charge in [-0.2, -0.15) is 5.26 Å². The van der Waals surface area contributed by atoms with Gasteiger partial charge in [0, 0.05) is 37.8 Å². The number of anilines is 1. The number of piperazine rings is 1. The highest BCUT2D eigenvalue weighted by molar-refractivity contribution is 7.91. The molecular weight excluding hydrogens is 446 g/mol. The second kappa shape index (κ2) is 8.84. The third kappa shape index (κ3) is 4.31. The van der Waals surface area contributed by atoms with Crippen LogP contribution in [-0.2, 0) is 14.6 Å². The molecule has 1 saturated heterocycles. The van der Waals surface area contributed by atoms with Crippen molar-refractivity contribution in [1.29, 1.82) is 5.26 Å². The van der Waals surface area contributed by atoms with Crippen molar-refractivity contribution in [2.75, 3.05) is 23.7 Å². The molecule has 32 heavy (non-hydrogen) atoms. The van der Waals surface area contributed by atoms with Crippen molar-refractivity contribution >= 4 is 43.1 Å². The van der Waals surface area contributed by atoms with Crippen LogP contribution in [0.25, 0.3) is 10.2 Å². The molecule has 0 bridgehead atoms. The fourth-order valence-electron chi connectivity index (χ4n) is 4.21. The molecule has 166 valence electrons. The molecule has 0 aliphatic carbocycles. The monoisotopic (exact) mass is 469 g/mol. The number of nitrogens with zero attached hydrogens (tertiary/aromatic N) is 5. The highest BCUT2D eigenvalue weighted by Crippen LogP contribution is 2.28. The van der Waals surface area contributed by atoms with E-state index in [2.05, 4.69) is 20.9 Å². The minimum absolute atomic E-state index is 0.0681. The van der Waals surface area contributed by atoms with E-state index in [1.54, 1.807) is 34.7 Å². The maximum absolute atomic E-state index is 13.0. The number of benzene rings is 1. The van der Waals surface area contributed by atoms with Crippen LogP contribution in [0.3, 0.4) is 0 Å². The van der Waals surface area contributed by atoms with Gasteiger partial charge in [-0.3, -0.25) is 4.79 Å². The summed E-state index contributed by atoms with van der Waals surface area (Å²) >= 11 is 1.29. The van der Waals surface area contributed by atoms with Gasteiger partial charge >= 0.3 is 0 Å². The number of fused-ring (bicyclic) bond motifs is 1. The number of aromatic nitrogens is 2. The summed E-state index contributed by atoms with van der Waals surface area (Å²) in [4.78, 5) is 25.7. The van der Waals surface area contributed by atoms with Gasteiger partial charge in [0.25, 0.3) is 0 Å². The molecule has 0 unspecified atom stereocenters. The molecular formula is C22H23N5O3S2. The Hall–Kier alpha value is -3.03. The number of thiazole rings is 1. The molecule has 3 aromatic rings. The van der Waals surface area contributed by atoms with Crippen LogP contribution in [0.2, 0.25) is 0 Å². The van der Waals surface area contributed by atoms with Gasteiger partial charge in [-0.05, 0) is 38.1 Å². The molecule has 0 saturated carbocycles. The number of sulfone groups is 1. The Balaban J connectivity index is 1.43. The molecule has 1 amide bonds. The minimum atomic E-state index is -3.61. The molecule has 1 aromatic carbocycles. The topological polar surface area (TPSA) is 107 Å². The van der Waals surface area contributed by atoms with E-state index in [1.807, 2.05) is 19.9 Å². The van der Waals surface area contributed by atoms with Crippen LogP contribution in [0.4, 0.5) is 5.82 Å². The van der Waals surface area contributed by atoms with Crippen LogP contribution in [-0.4, -0.2) is 60.1 Å². The SMILES string of the molecule is C[C@H]1CN(c2ccc(C#N)cn2)C[C@H](C)N1C(=O)CCS(=O)(=O)c1cccc2ncsc12. The largest absolute Gasteiger partial charge is 0.353 e. The fourth-order valence-corrected chi connectivity index (χ4v) is 6.77. The van der Waals surface area contributed by atoms with E-state index < -0.39 is 9.84 Å². The maximum Gasteiger partial charge on any atom is 0.224 e. The van der Waals surface area contributed by atoms with Gasteiger partial charge in [-0.1, -0.05) is 6.07 Å². The highest BCUT2D eigenvalue weighted by Gasteiger charge is 2.34. The number of rotatable bonds is 5. The third-order valence-corrected chi connectivity index (χ3v) is 8.40. The van der Waals surface area contributed by atoms with Crippen molar-refractivity contribution < 1.29 is 13.2 Å². The maximum atomic E-state index is 13.0. The number of nitriles is 1. The first-order valence-corrected chi connectivity index (χ1v) is 12.8. The Morgan fingerprint density at radius 1 is 1.19 bits per heavy atom. The van der Waals surface area contributed by atoms with Crippen LogP contribution in [0.1, 0.15) is 25.8 Å². The van der Waals surface area contributed by atoms with Crippen LogP contribution in [0, 0.1) is 11.3 Å². The molecule has 1 fully saturated rings. The molecule has 1 aliphatic heterocycles. The standard InChI is InChI=1S/C22H23N5O3S2/c1-15-12-26(20-7-6-17(10-23)11-24-20)13-16(2)27(15)21(28)8-9-32(29,30)19-5-3-4-18-22(19)31-14-25-18/h3-7,11,14-16H,8-9,12-13H2,1-2H3/t15-,16-/m0/s1. The normalized spacial score (nSPS) is 19.2. The fraction of sp³-hybridized carbons (Fsp3) is 0.364. The summed E-state index contributed by atoms with van der Waals surface area (Å²) in [6, 6.07) is 10.4. The average Bonchev–Trinajstić information content (AvgIpc) is 3.26. The van der Waals surface area contributed by atoms with Crippen molar-refractivity contribution in [3.8, 4) is 6.07 Å². The van der Waals surface area contributed by atoms with E-state index in [4.69, 9.17) is 5.26 Å². The first-order chi connectivity index (χ1) is 15.3. The zero-order valence-corrected chi connectivity index (χ0v) is 19.4. The second-order valence-electron chi connectivity index (χ2n) is 7.95. The quantitative estimate of drug-likeness (QED) is 0.565. The first kappa shape index (κ1) is 22.2. The molecule has 2 aromatic heterocycles. The molecule has 10 heteroatoms. The Labute approximate surface area is 191 Å². The number of carbonyl (C=O) groups is 1. The zero-order valence-electron chi connectivity index (χ0n) is 17.8. The number of carbonyl (C=O) groups excluding carboxylic acids is 1. The van der Waals surface area contributed by atoms with Crippen LogP contribution in [0.5, 0.6) is 0 Å². The Morgan fingerprint density at radius 3 is 2.59 bits per heavy atom. The van der Waals surface area contributed by atoms with Gasteiger partial charge in [0.1, 0.15) is 11.9 Å². The molecule has 8 nitrogen and oxygen atoms in total. The Morgan fingerprint density at radius 2 is 1.94 bits per heavy atom. The van der Waals surface area contributed by atoms with E-state index in [-0.39, 0.29) is 35.1 Å². The Kier molecular flexibility index (Phi) is 6.13. The molecule has 3 heterocycles. The van der Waals surface area contributed by atoms with E-state index in [0.29, 0.717) is 28.9 Å². The predicted molar refractivity (Wildman–Crippen MR) is 123 cm³/mol. The number of hydrogen-bond acceptors (Lipinski definition) is 8. The summed E-state index contributed by atoms with van der Waals surface area (Å²) < 4.78 is 26.5. The number of hydrogen-bond donors (Lipinski definition) is 0. The zero-order chi connectivity index (χ0) is 22.9. The summed E-state index contributed by atoms with van der Waals surface area (Å²) in [5.41, 5.74) is 2.77. The van der Waals surface area contributed by atoms with Crippen molar-refractivity contribution in [1.82, 2.24) is 14.9 Å². The molecule has 1 aliphatic rings. The lowest BCUT2D eigenvalue weighted by Crippen LogP contribution is -2.59. The summed E-state index contributed by atoms with van der Waals surface area (Å²) in [6.07, 6.45) is 1.47. The van der Waals surface area contributed by atoms with E-state index in [1.165, 1.54) is 17.5 Å². The molecule has 2 atom stereocenters. The van der Waals surface area contributed by atoms with Gasteiger partial charge in [-0.15, -0.1) is 11.3 Å². The van der Waals surface area contributed by atoms with Crippen molar-refractivity contribution in [3.63, 3.8) is 0 Å². The molecule has 0 spiro atoms. The average molecular weight is 470 g/mol. The van der Waals surface area contributed by atoms with Crippen molar-refractivity contribution in [3.05, 3.63) is 47.6 Å². The van der Waals surface area contributed by atoms with Crippen LogP contribution < -0.4 is 4.90 Å². The molecule has 0 radical (unpaired) electrons. The summed E-state index contributed by atoms with van der Waals surface area (Å²) in [5.74, 6) is 0.354. The van der Waals surface area contributed by atoms with Crippen LogP contribution in [0.15, 0.2) is 46.9 Å². The van der Waals surface area contributed by atoms with Gasteiger partial charge in [0.15, 0.2) is 9.84 Å². The first-order valence-electron chi connectivity index (χ1n) is 10.3. The summed E-state index contributed by atoms with van der Waals surface area (Å²) in [6.45, 7) is 5.08. The lowest BCUT2D eigenvalue weighted by molar-refractivity contribution is -0.135. The lowest BCUT2D eigenvalue weighted by atomic mass is 10.1. The Bertz CT molecular complexity index is 1270. The van der Waals surface area contributed by atoms with Crippen molar-refractivity contribution in [2.45, 2.75) is 37.2 Å². The lowest BCUT2D eigenvalue weighted by Gasteiger charge is -2.45. The van der Waals surface area contributed by atoms with Gasteiger partial charge in [-0.25, -0.2) is 18.4 Å². The smallest absolute Gasteiger partial charge is 0.224 e. The highest BCUT2D eigenvalue weighted by atomic mass is 32.2. The summed E-state index contributed by atoms with van der Waals surface area (Å²) in [5, 5.41) is 8.95. The van der Waals surface area contributed by atoms with Crippen molar-refractivity contribution in [2.24, 2.45) is 0 Å². The predicted octanol–water partition coefficient (Wildman–Crippen LogP) is 2.85. The molecule has 0 N–H and O–H groups in total. The summed E-state index contributed by atoms with van der Waals surface area (Å²) in [7, 11) is -3.61. The van der Waals surface area contributed by atoms with Gasteiger partial charge in [0.2, 0.25) is 5.91 Å². The van der Waals surface area contributed by atoms with Gasteiger partial charge in [0.05, 0.1) is 31.9 Å². The molecule has 4 rings (SSSR count). The van der Waals surface area contributed by atoms with E-state index in [0.717, 1.165) is 5.82 Å². The number of amides is 1. The third-order valence-electron chi connectivity index (χ3n) is 5.65. The van der Waals surface area contributed by atoms with E-state index >= 15 is 0 Å². The van der Waals surface area contributed by atoms with Gasteiger partial charge < -0.3 is 9.80 Å². The minimum Gasteiger partial charge on any atom is -0.353 e. The number of pyridine rings is 1.